The first-order valence-corrected chi connectivity index (χ1v) is 4.50. The molecule has 0 aliphatic carbocycles. The molecule has 3 heteroatoms. The van der Waals surface area contributed by atoms with E-state index in [0.717, 1.165) is 11.3 Å². The molecule has 0 atom stereocenters. The van der Waals surface area contributed by atoms with E-state index < -0.39 is 0 Å². The lowest BCUT2D eigenvalue weighted by atomic mass is 10.2. The van der Waals surface area contributed by atoms with Gasteiger partial charge in [0.1, 0.15) is 5.75 Å². The van der Waals surface area contributed by atoms with Gasteiger partial charge in [0, 0.05) is 5.56 Å². The Morgan fingerprint density at radius 3 is 2.38 bits per heavy atom. The fraction of sp³-hybridized carbons (Fsp3) is 0.300. The van der Waals surface area contributed by atoms with E-state index in [-0.39, 0.29) is 0 Å². The summed E-state index contributed by atoms with van der Waals surface area (Å²) in [6.07, 6.45) is 0. The zero-order chi connectivity index (χ0) is 9.68. The summed E-state index contributed by atoms with van der Waals surface area (Å²) in [5.41, 5.74) is 0.914. The molecular weight excluding hydrogens is 184 g/mol. The molecule has 0 fully saturated rings. The Labute approximate surface area is 83.5 Å². The van der Waals surface area contributed by atoms with Crippen LogP contribution in [0.15, 0.2) is 24.3 Å². The van der Waals surface area contributed by atoms with Crippen LogP contribution in [-0.4, -0.2) is 18.8 Å². The average Bonchev–Trinajstić information content (AvgIpc) is 2.18. The van der Waals surface area contributed by atoms with E-state index in [9.17, 15) is 0 Å². The van der Waals surface area contributed by atoms with Crippen LogP contribution in [-0.2, 0) is 4.74 Å². The van der Waals surface area contributed by atoms with Crippen molar-refractivity contribution in [3.05, 3.63) is 29.8 Å². The molecule has 0 saturated heterocycles. The first-order chi connectivity index (χ1) is 6.27. The third-order valence-electron chi connectivity index (χ3n) is 1.60. The smallest absolute Gasteiger partial charge is 0.191 e. The SMILES string of the molecule is CCOC(=S)c1ccc(OC)cc1. The number of hydrogen-bond acceptors (Lipinski definition) is 3. The van der Waals surface area contributed by atoms with E-state index in [1.807, 2.05) is 31.2 Å². The van der Waals surface area contributed by atoms with E-state index >= 15 is 0 Å². The van der Waals surface area contributed by atoms with Crippen molar-refractivity contribution in [3.63, 3.8) is 0 Å². The highest BCUT2D eigenvalue weighted by Gasteiger charge is 2.00. The van der Waals surface area contributed by atoms with Gasteiger partial charge in [-0.25, -0.2) is 0 Å². The molecule has 0 bridgehead atoms. The lowest BCUT2D eigenvalue weighted by molar-refractivity contribution is 0.337. The molecule has 0 aliphatic heterocycles. The topological polar surface area (TPSA) is 18.5 Å². The summed E-state index contributed by atoms with van der Waals surface area (Å²) in [4.78, 5) is 0. The lowest BCUT2D eigenvalue weighted by Gasteiger charge is -2.05. The quantitative estimate of drug-likeness (QED) is 0.692. The minimum Gasteiger partial charge on any atom is -0.497 e. The third kappa shape index (κ3) is 2.70. The van der Waals surface area contributed by atoms with Crippen molar-refractivity contribution in [2.75, 3.05) is 13.7 Å². The highest BCUT2D eigenvalue weighted by Crippen LogP contribution is 2.12. The Morgan fingerprint density at radius 1 is 1.31 bits per heavy atom. The van der Waals surface area contributed by atoms with E-state index in [4.69, 9.17) is 21.7 Å². The van der Waals surface area contributed by atoms with Crippen molar-refractivity contribution in [3.8, 4) is 5.75 Å². The summed E-state index contributed by atoms with van der Waals surface area (Å²) >= 11 is 5.04. The summed E-state index contributed by atoms with van der Waals surface area (Å²) in [5, 5.41) is 0.533. The van der Waals surface area contributed by atoms with Crippen LogP contribution in [0.2, 0.25) is 0 Å². The second-order valence-corrected chi connectivity index (χ2v) is 2.82. The highest BCUT2D eigenvalue weighted by molar-refractivity contribution is 7.80. The fourth-order valence-corrected chi connectivity index (χ4v) is 1.20. The van der Waals surface area contributed by atoms with Crippen LogP contribution in [0.25, 0.3) is 0 Å². The molecule has 0 unspecified atom stereocenters. The van der Waals surface area contributed by atoms with Crippen LogP contribution < -0.4 is 4.74 Å². The van der Waals surface area contributed by atoms with Gasteiger partial charge in [0.2, 0.25) is 0 Å². The Balaban J connectivity index is 2.74. The zero-order valence-corrected chi connectivity index (χ0v) is 8.56. The monoisotopic (exact) mass is 196 g/mol. The summed E-state index contributed by atoms with van der Waals surface area (Å²) in [5.74, 6) is 0.822. The Hall–Kier alpha value is -1.09. The van der Waals surface area contributed by atoms with Gasteiger partial charge < -0.3 is 9.47 Å². The van der Waals surface area contributed by atoms with Gasteiger partial charge in [0.15, 0.2) is 5.05 Å². The molecule has 2 nitrogen and oxygen atoms in total. The maximum Gasteiger partial charge on any atom is 0.191 e. The van der Waals surface area contributed by atoms with Crippen LogP contribution >= 0.6 is 12.2 Å². The van der Waals surface area contributed by atoms with Gasteiger partial charge in [-0.05, 0) is 43.4 Å². The van der Waals surface area contributed by atoms with Crippen LogP contribution in [0.4, 0.5) is 0 Å². The molecule has 1 aromatic rings. The van der Waals surface area contributed by atoms with Crippen LogP contribution in [0.1, 0.15) is 12.5 Å². The molecule has 0 heterocycles. The third-order valence-corrected chi connectivity index (χ3v) is 1.95. The maximum absolute atomic E-state index is 5.19. The first-order valence-electron chi connectivity index (χ1n) is 4.09. The standard InChI is InChI=1S/C10H12O2S/c1-3-12-10(13)8-4-6-9(11-2)7-5-8/h4-7H,3H2,1-2H3. The van der Waals surface area contributed by atoms with Gasteiger partial charge >= 0.3 is 0 Å². The molecule has 1 aromatic carbocycles. The van der Waals surface area contributed by atoms with Crippen molar-refractivity contribution in [2.24, 2.45) is 0 Å². The molecule has 0 saturated carbocycles. The maximum atomic E-state index is 5.19. The van der Waals surface area contributed by atoms with Gasteiger partial charge in [-0.2, -0.15) is 0 Å². The van der Waals surface area contributed by atoms with Crippen LogP contribution in [0, 0.1) is 0 Å². The van der Waals surface area contributed by atoms with Gasteiger partial charge in [-0.3, -0.25) is 0 Å². The molecule has 0 N–H and O–H groups in total. The molecule has 13 heavy (non-hydrogen) atoms. The van der Waals surface area contributed by atoms with Crippen molar-refractivity contribution < 1.29 is 9.47 Å². The molecular formula is C10H12O2S. The minimum atomic E-state index is 0.533. The van der Waals surface area contributed by atoms with E-state index in [2.05, 4.69) is 0 Å². The van der Waals surface area contributed by atoms with Gasteiger partial charge in [0.25, 0.3) is 0 Å². The number of ether oxygens (including phenoxy) is 2. The number of rotatable bonds is 3. The number of hydrogen-bond donors (Lipinski definition) is 0. The van der Waals surface area contributed by atoms with E-state index in [1.165, 1.54) is 0 Å². The molecule has 0 radical (unpaired) electrons. The van der Waals surface area contributed by atoms with E-state index in [0.29, 0.717) is 11.7 Å². The zero-order valence-electron chi connectivity index (χ0n) is 7.74. The summed E-state index contributed by atoms with van der Waals surface area (Å²) in [6.45, 7) is 2.51. The first kappa shape index (κ1) is 9.99. The molecule has 0 aromatic heterocycles. The van der Waals surface area contributed by atoms with E-state index in [1.54, 1.807) is 7.11 Å². The normalized spacial score (nSPS) is 9.38. The van der Waals surface area contributed by atoms with Crippen molar-refractivity contribution in [1.29, 1.82) is 0 Å². The Bertz CT molecular complexity index is 279. The van der Waals surface area contributed by atoms with Gasteiger partial charge in [0.05, 0.1) is 13.7 Å². The number of methoxy groups -OCH3 is 1. The van der Waals surface area contributed by atoms with Crippen LogP contribution in [0.3, 0.4) is 0 Å². The second kappa shape index (κ2) is 4.82. The largest absolute Gasteiger partial charge is 0.497 e. The number of benzene rings is 1. The molecule has 70 valence electrons. The summed E-state index contributed by atoms with van der Waals surface area (Å²) in [6, 6.07) is 7.50. The lowest BCUT2D eigenvalue weighted by Crippen LogP contribution is -2.02. The van der Waals surface area contributed by atoms with Crippen molar-refractivity contribution in [1.82, 2.24) is 0 Å². The Kier molecular flexibility index (Phi) is 3.71. The molecule has 0 aliphatic rings. The van der Waals surface area contributed by atoms with Crippen molar-refractivity contribution >= 4 is 17.3 Å². The van der Waals surface area contributed by atoms with Gasteiger partial charge in [-0.1, -0.05) is 0 Å². The highest BCUT2D eigenvalue weighted by atomic mass is 32.1. The fourth-order valence-electron chi connectivity index (χ4n) is 0.942. The summed E-state index contributed by atoms with van der Waals surface area (Å²) in [7, 11) is 1.63. The van der Waals surface area contributed by atoms with Crippen molar-refractivity contribution in [2.45, 2.75) is 6.92 Å². The second-order valence-electron chi connectivity index (χ2n) is 2.45. The predicted molar refractivity (Wildman–Crippen MR) is 56.3 cm³/mol. The Morgan fingerprint density at radius 2 is 1.92 bits per heavy atom. The summed E-state index contributed by atoms with van der Waals surface area (Å²) < 4.78 is 10.2. The average molecular weight is 196 g/mol. The van der Waals surface area contributed by atoms with Gasteiger partial charge in [-0.15, -0.1) is 0 Å². The minimum absolute atomic E-state index is 0.533. The van der Waals surface area contributed by atoms with Crippen LogP contribution in [0.5, 0.6) is 5.75 Å². The molecule has 0 amide bonds. The number of thiocarbonyl (C=S) groups is 1. The predicted octanol–water partition coefficient (Wildman–Crippen LogP) is 2.41. The molecule has 1 rings (SSSR count). The molecule has 0 spiro atoms.